The monoisotopic (exact) mass is 280 g/mol. The molecule has 1 N–H and O–H groups in total. The maximum Gasteiger partial charge on any atom is 0.492 e. The second kappa shape index (κ2) is 5.06. The molecule has 0 aliphatic carbocycles. The van der Waals surface area contributed by atoms with E-state index in [9.17, 15) is 5.11 Å². The molecule has 0 unspecified atom stereocenters. The van der Waals surface area contributed by atoms with Crippen molar-refractivity contribution in [3.63, 3.8) is 0 Å². The van der Waals surface area contributed by atoms with Crippen LogP contribution in [0.25, 0.3) is 6.08 Å². The van der Waals surface area contributed by atoms with Gasteiger partial charge in [0, 0.05) is 0 Å². The van der Waals surface area contributed by atoms with Crippen molar-refractivity contribution in [3.8, 4) is 0 Å². The van der Waals surface area contributed by atoms with Crippen molar-refractivity contribution >= 4 is 24.5 Å². The molecule has 104 valence electrons. The maximum absolute atomic E-state index is 9.59. The molecule has 2 heterocycles. The van der Waals surface area contributed by atoms with Crippen molar-refractivity contribution in [1.82, 2.24) is 0 Å². The molecule has 0 radical (unpaired) electrons. The highest BCUT2D eigenvalue weighted by atomic mass is 32.1. The minimum Gasteiger partial charge on any atom is -0.400 e. The standard InChI is InChI=1S/C14H21BO3S/c1-10-8-19-9-11(10)6-12(7-16)15-17-13(2,3)14(4,5)18-15/h6,8-9,16H,7H2,1-5H3. The fourth-order valence-corrected chi connectivity index (χ4v) is 2.71. The zero-order valence-electron chi connectivity index (χ0n) is 12.2. The summed E-state index contributed by atoms with van der Waals surface area (Å²) in [5.41, 5.74) is 2.32. The zero-order valence-corrected chi connectivity index (χ0v) is 13.0. The van der Waals surface area contributed by atoms with Crippen LogP contribution in [0.3, 0.4) is 0 Å². The van der Waals surface area contributed by atoms with Crippen molar-refractivity contribution in [2.24, 2.45) is 0 Å². The van der Waals surface area contributed by atoms with Gasteiger partial charge < -0.3 is 14.4 Å². The van der Waals surface area contributed by atoms with E-state index >= 15 is 0 Å². The van der Waals surface area contributed by atoms with Gasteiger partial charge in [0.25, 0.3) is 0 Å². The summed E-state index contributed by atoms with van der Waals surface area (Å²) >= 11 is 1.65. The molecular weight excluding hydrogens is 259 g/mol. The molecule has 0 bridgehead atoms. The molecule has 2 rings (SSSR count). The quantitative estimate of drug-likeness (QED) is 0.865. The molecule has 19 heavy (non-hydrogen) atoms. The Morgan fingerprint density at radius 3 is 2.26 bits per heavy atom. The van der Waals surface area contributed by atoms with Crippen LogP contribution in [-0.4, -0.2) is 30.0 Å². The topological polar surface area (TPSA) is 38.7 Å². The van der Waals surface area contributed by atoms with Crippen LogP contribution in [0.1, 0.15) is 38.8 Å². The maximum atomic E-state index is 9.59. The van der Waals surface area contributed by atoms with Crippen molar-refractivity contribution in [2.45, 2.75) is 45.8 Å². The average molecular weight is 280 g/mol. The van der Waals surface area contributed by atoms with Crippen LogP contribution >= 0.6 is 11.3 Å². The summed E-state index contributed by atoms with van der Waals surface area (Å²) in [6.45, 7) is 10.0. The average Bonchev–Trinajstić information content (AvgIpc) is 2.78. The summed E-state index contributed by atoms with van der Waals surface area (Å²) < 4.78 is 11.9. The molecule has 0 atom stereocenters. The minimum atomic E-state index is -0.478. The van der Waals surface area contributed by atoms with E-state index < -0.39 is 7.12 Å². The molecule has 1 fully saturated rings. The molecule has 0 saturated carbocycles. The normalized spacial score (nSPS) is 22.0. The van der Waals surface area contributed by atoms with Gasteiger partial charge in [0.2, 0.25) is 0 Å². The van der Waals surface area contributed by atoms with Gasteiger partial charge in [-0.15, -0.1) is 0 Å². The smallest absolute Gasteiger partial charge is 0.400 e. The van der Waals surface area contributed by atoms with E-state index in [4.69, 9.17) is 9.31 Å². The van der Waals surface area contributed by atoms with Gasteiger partial charge in [0.05, 0.1) is 17.8 Å². The predicted octanol–water partition coefficient (Wildman–Crippen LogP) is 3.06. The van der Waals surface area contributed by atoms with Crippen LogP contribution in [-0.2, 0) is 9.31 Å². The van der Waals surface area contributed by atoms with Crippen molar-refractivity contribution in [1.29, 1.82) is 0 Å². The van der Waals surface area contributed by atoms with Gasteiger partial charge in [0.1, 0.15) is 0 Å². The Hall–Kier alpha value is -0.615. The predicted molar refractivity (Wildman–Crippen MR) is 80.2 cm³/mol. The molecule has 5 heteroatoms. The Morgan fingerprint density at radius 2 is 1.84 bits per heavy atom. The number of aliphatic hydroxyl groups is 1. The van der Waals surface area contributed by atoms with Crippen LogP contribution in [0.5, 0.6) is 0 Å². The van der Waals surface area contributed by atoms with Crippen molar-refractivity contribution in [3.05, 3.63) is 27.4 Å². The van der Waals surface area contributed by atoms with Crippen LogP contribution in [0.15, 0.2) is 16.2 Å². The number of aryl methyl sites for hydroxylation is 1. The first-order valence-electron chi connectivity index (χ1n) is 6.46. The van der Waals surface area contributed by atoms with E-state index in [1.165, 1.54) is 5.56 Å². The summed E-state index contributed by atoms with van der Waals surface area (Å²) in [5, 5.41) is 13.7. The lowest BCUT2D eigenvalue weighted by molar-refractivity contribution is 0.00578. The highest BCUT2D eigenvalue weighted by Gasteiger charge is 2.52. The first kappa shape index (κ1) is 14.8. The summed E-state index contributed by atoms with van der Waals surface area (Å²) in [4.78, 5) is 0. The second-order valence-electron chi connectivity index (χ2n) is 5.98. The molecular formula is C14H21BO3S. The molecule has 1 aromatic rings. The van der Waals surface area contributed by atoms with Gasteiger partial charge in [-0.25, -0.2) is 0 Å². The summed E-state index contributed by atoms with van der Waals surface area (Å²) in [6, 6.07) is 0. The Kier molecular flexibility index (Phi) is 3.93. The SMILES string of the molecule is Cc1cscc1C=C(CO)B1OC(C)(C)C(C)(C)O1. The fourth-order valence-electron chi connectivity index (χ4n) is 1.90. The molecule has 1 aromatic heterocycles. The molecule has 0 amide bonds. The zero-order chi connectivity index (χ0) is 14.3. The number of rotatable bonds is 3. The lowest BCUT2D eigenvalue weighted by Gasteiger charge is -2.32. The van der Waals surface area contributed by atoms with Gasteiger partial charge in [-0.1, -0.05) is 6.08 Å². The van der Waals surface area contributed by atoms with Gasteiger partial charge in [0.15, 0.2) is 0 Å². The van der Waals surface area contributed by atoms with Crippen LogP contribution in [0.4, 0.5) is 0 Å². The Labute approximate surface area is 119 Å². The summed E-state index contributed by atoms with van der Waals surface area (Å²) in [5.74, 6) is 0. The molecule has 1 aliphatic heterocycles. The third-order valence-electron chi connectivity index (χ3n) is 3.97. The van der Waals surface area contributed by atoms with E-state index in [-0.39, 0.29) is 17.8 Å². The van der Waals surface area contributed by atoms with E-state index in [0.717, 1.165) is 11.0 Å². The molecule has 3 nitrogen and oxygen atoms in total. The number of aliphatic hydroxyl groups excluding tert-OH is 1. The van der Waals surface area contributed by atoms with Crippen LogP contribution in [0.2, 0.25) is 0 Å². The lowest BCUT2D eigenvalue weighted by Crippen LogP contribution is -2.41. The molecule has 1 saturated heterocycles. The second-order valence-corrected chi connectivity index (χ2v) is 6.72. The van der Waals surface area contributed by atoms with Gasteiger partial charge in [-0.3, -0.25) is 0 Å². The minimum absolute atomic E-state index is 0.0634. The number of thiophene rings is 1. The van der Waals surface area contributed by atoms with E-state index in [1.54, 1.807) is 11.3 Å². The summed E-state index contributed by atoms with van der Waals surface area (Å²) in [7, 11) is -0.478. The van der Waals surface area contributed by atoms with E-state index in [2.05, 4.69) is 17.7 Å². The molecule has 0 spiro atoms. The van der Waals surface area contributed by atoms with Gasteiger partial charge >= 0.3 is 7.12 Å². The Bertz CT molecular complexity index is 475. The third kappa shape index (κ3) is 2.79. The van der Waals surface area contributed by atoms with Gasteiger partial charge in [-0.2, -0.15) is 11.3 Å². The third-order valence-corrected chi connectivity index (χ3v) is 4.85. The first-order chi connectivity index (χ1) is 8.77. The highest BCUT2D eigenvalue weighted by Crippen LogP contribution is 2.38. The lowest BCUT2D eigenvalue weighted by atomic mass is 9.77. The van der Waals surface area contributed by atoms with Gasteiger partial charge in [-0.05, 0) is 62.0 Å². The van der Waals surface area contributed by atoms with Crippen LogP contribution < -0.4 is 0 Å². The van der Waals surface area contributed by atoms with Crippen molar-refractivity contribution in [2.75, 3.05) is 6.61 Å². The highest BCUT2D eigenvalue weighted by molar-refractivity contribution is 7.08. The number of hydrogen-bond acceptors (Lipinski definition) is 4. The Morgan fingerprint density at radius 1 is 1.26 bits per heavy atom. The molecule has 0 aromatic carbocycles. The number of hydrogen-bond donors (Lipinski definition) is 1. The first-order valence-corrected chi connectivity index (χ1v) is 7.41. The van der Waals surface area contributed by atoms with E-state index in [0.29, 0.717) is 0 Å². The fraction of sp³-hybridized carbons (Fsp3) is 0.571. The van der Waals surface area contributed by atoms with E-state index in [1.807, 2.05) is 33.8 Å². The largest absolute Gasteiger partial charge is 0.492 e. The Balaban J connectivity index is 2.26. The molecule has 1 aliphatic rings. The summed E-state index contributed by atoms with van der Waals surface area (Å²) in [6.07, 6.45) is 1.97. The van der Waals surface area contributed by atoms with Crippen molar-refractivity contribution < 1.29 is 14.4 Å². The van der Waals surface area contributed by atoms with Crippen LogP contribution in [0, 0.1) is 6.92 Å².